The molecule has 0 spiro atoms. The molecule has 0 bridgehead atoms. The Bertz CT molecular complexity index is 448. The molecule has 0 aliphatic carbocycles. The van der Waals surface area contributed by atoms with Crippen LogP contribution in [0, 0.1) is 5.92 Å². The second kappa shape index (κ2) is 6.82. The Morgan fingerprint density at radius 2 is 2.32 bits per heavy atom. The molecule has 0 atom stereocenters. The first-order chi connectivity index (χ1) is 9.13. The normalized spacial score (nSPS) is 18.2. The summed E-state index contributed by atoms with van der Waals surface area (Å²) in [5, 5.41) is 11.6. The van der Waals surface area contributed by atoms with Gasteiger partial charge in [-0.15, -0.1) is 11.3 Å². The van der Waals surface area contributed by atoms with Crippen LogP contribution in [0.15, 0.2) is 11.5 Å². The van der Waals surface area contributed by atoms with Crippen LogP contribution in [0.2, 0.25) is 0 Å². The van der Waals surface area contributed by atoms with Gasteiger partial charge >= 0.3 is 5.97 Å². The molecule has 0 saturated carbocycles. The Hall–Kier alpha value is -1.20. The van der Waals surface area contributed by atoms with Crippen LogP contribution in [0.4, 0.5) is 0 Å². The number of hydrogen-bond acceptors (Lipinski definition) is 4. The number of aliphatic carboxylic acids is 1. The van der Waals surface area contributed by atoms with Crippen molar-refractivity contribution in [3.63, 3.8) is 0 Å². The quantitative estimate of drug-likeness (QED) is 0.842. The van der Waals surface area contributed by atoms with Gasteiger partial charge in [0.2, 0.25) is 0 Å². The maximum atomic E-state index is 10.4. The van der Waals surface area contributed by atoms with Crippen LogP contribution in [0.3, 0.4) is 0 Å². The van der Waals surface area contributed by atoms with Gasteiger partial charge in [0, 0.05) is 24.4 Å². The average Bonchev–Trinajstić information content (AvgIpc) is 2.84. The predicted molar refractivity (Wildman–Crippen MR) is 77.3 cm³/mol. The van der Waals surface area contributed by atoms with Crippen molar-refractivity contribution in [3.05, 3.63) is 22.2 Å². The van der Waals surface area contributed by atoms with Gasteiger partial charge in [-0.05, 0) is 37.9 Å². The zero-order chi connectivity index (χ0) is 13.7. The first kappa shape index (κ1) is 14.2. The van der Waals surface area contributed by atoms with E-state index in [2.05, 4.69) is 16.8 Å². The molecule has 1 fully saturated rings. The summed E-state index contributed by atoms with van der Waals surface area (Å²) in [4.78, 5) is 17.3. The summed E-state index contributed by atoms with van der Waals surface area (Å²) in [6, 6.07) is 0. The summed E-state index contributed by atoms with van der Waals surface area (Å²) >= 11 is 1.61. The minimum atomic E-state index is -0.933. The number of carbonyl (C=O) groups is 1. The lowest BCUT2D eigenvalue weighted by molar-refractivity contribution is -0.131. The Morgan fingerprint density at radius 3 is 3.00 bits per heavy atom. The van der Waals surface area contributed by atoms with E-state index in [0.717, 1.165) is 35.7 Å². The van der Waals surface area contributed by atoms with Gasteiger partial charge < -0.3 is 10.0 Å². The van der Waals surface area contributed by atoms with E-state index in [-0.39, 0.29) is 0 Å². The van der Waals surface area contributed by atoms with E-state index in [1.54, 1.807) is 17.4 Å². The van der Waals surface area contributed by atoms with Gasteiger partial charge in [0.15, 0.2) is 0 Å². The summed E-state index contributed by atoms with van der Waals surface area (Å²) in [6.07, 6.45) is 6.23. The van der Waals surface area contributed by atoms with Crippen LogP contribution < -0.4 is 0 Å². The van der Waals surface area contributed by atoms with Crippen molar-refractivity contribution in [2.24, 2.45) is 5.92 Å². The molecule has 1 N–H and O–H groups in total. The van der Waals surface area contributed by atoms with Crippen molar-refractivity contribution in [2.45, 2.75) is 26.2 Å². The Balaban J connectivity index is 1.78. The Morgan fingerprint density at radius 1 is 1.58 bits per heavy atom. The first-order valence-electron chi connectivity index (χ1n) is 6.71. The molecule has 0 aromatic carbocycles. The second-order valence-electron chi connectivity index (χ2n) is 5.11. The first-order valence-corrected chi connectivity index (χ1v) is 7.59. The third-order valence-corrected chi connectivity index (χ3v) is 4.41. The monoisotopic (exact) mass is 280 g/mol. The molecule has 1 saturated heterocycles. The number of carboxylic acid groups (broad SMARTS) is 1. The van der Waals surface area contributed by atoms with Crippen LogP contribution in [0.1, 0.15) is 30.5 Å². The van der Waals surface area contributed by atoms with Crippen LogP contribution in [-0.4, -0.2) is 40.6 Å². The Labute approximate surface area is 117 Å². The number of thiazole rings is 1. The second-order valence-corrected chi connectivity index (χ2v) is 6.05. The zero-order valence-electron chi connectivity index (χ0n) is 11.2. The molecule has 1 aromatic rings. The van der Waals surface area contributed by atoms with Crippen LogP contribution >= 0.6 is 11.3 Å². The largest absolute Gasteiger partial charge is 0.478 e. The third kappa shape index (κ3) is 4.76. The van der Waals surface area contributed by atoms with Crippen molar-refractivity contribution in [1.82, 2.24) is 9.88 Å². The van der Waals surface area contributed by atoms with E-state index in [4.69, 9.17) is 5.11 Å². The van der Waals surface area contributed by atoms with E-state index in [0.29, 0.717) is 0 Å². The molecule has 1 aromatic heterocycles. The van der Waals surface area contributed by atoms with Crippen molar-refractivity contribution >= 4 is 23.4 Å². The summed E-state index contributed by atoms with van der Waals surface area (Å²) in [7, 11) is 0. The third-order valence-electron chi connectivity index (χ3n) is 3.48. The van der Waals surface area contributed by atoms with Gasteiger partial charge in [-0.2, -0.15) is 0 Å². The van der Waals surface area contributed by atoms with Gasteiger partial charge in [0.1, 0.15) is 0 Å². The highest BCUT2D eigenvalue weighted by atomic mass is 32.1. The molecule has 2 rings (SSSR count). The maximum absolute atomic E-state index is 10.4. The average molecular weight is 280 g/mol. The highest BCUT2D eigenvalue weighted by Crippen LogP contribution is 2.17. The minimum absolute atomic E-state index is 0.745. The molecule has 1 aliphatic rings. The fourth-order valence-corrected chi connectivity index (χ4v) is 2.97. The Kier molecular flexibility index (Phi) is 5.10. The molecule has 0 amide bonds. The lowest BCUT2D eigenvalue weighted by Gasteiger charge is -2.29. The maximum Gasteiger partial charge on any atom is 0.328 e. The van der Waals surface area contributed by atoms with E-state index >= 15 is 0 Å². The molecular formula is C14H20N2O2S. The van der Waals surface area contributed by atoms with Crippen molar-refractivity contribution in [1.29, 1.82) is 0 Å². The summed E-state index contributed by atoms with van der Waals surface area (Å²) < 4.78 is 0. The summed E-state index contributed by atoms with van der Waals surface area (Å²) in [5.41, 5.74) is 0.745. The summed E-state index contributed by atoms with van der Waals surface area (Å²) in [5.74, 6) is -0.0687. The molecule has 5 heteroatoms. The van der Waals surface area contributed by atoms with Crippen molar-refractivity contribution < 1.29 is 9.90 Å². The minimum Gasteiger partial charge on any atom is -0.478 e. The molecule has 2 heterocycles. The zero-order valence-corrected chi connectivity index (χ0v) is 12.0. The van der Waals surface area contributed by atoms with Gasteiger partial charge in [0.25, 0.3) is 0 Å². The lowest BCUT2D eigenvalue weighted by atomic mass is 9.99. The van der Waals surface area contributed by atoms with Gasteiger partial charge in [-0.25, -0.2) is 9.78 Å². The topological polar surface area (TPSA) is 53.4 Å². The predicted octanol–water partition coefficient (Wildman–Crippen LogP) is 2.52. The molecule has 104 valence electrons. The van der Waals surface area contributed by atoms with Gasteiger partial charge in [-0.3, -0.25) is 0 Å². The van der Waals surface area contributed by atoms with Crippen molar-refractivity contribution in [2.75, 3.05) is 19.6 Å². The van der Waals surface area contributed by atoms with E-state index in [1.165, 1.54) is 25.9 Å². The molecule has 0 radical (unpaired) electrons. The van der Waals surface area contributed by atoms with Crippen molar-refractivity contribution in [3.8, 4) is 0 Å². The number of likely N-dealkylation sites (tertiary alicyclic amines) is 1. The van der Waals surface area contributed by atoms with Crippen LogP contribution in [0.5, 0.6) is 0 Å². The highest BCUT2D eigenvalue weighted by molar-refractivity contribution is 7.09. The molecule has 4 nitrogen and oxygen atoms in total. The van der Waals surface area contributed by atoms with Gasteiger partial charge in [-0.1, -0.05) is 6.92 Å². The fourth-order valence-electron chi connectivity index (χ4n) is 2.21. The van der Waals surface area contributed by atoms with E-state index in [9.17, 15) is 4.79 Å². The highest BCUT2D eigenvalue weighted by Gasteiger charge is 2.15. The number of aromatic nitrogens is 1. The molecule has 1 aliphatic heterocycles. The van der Waals surface area contributed by atoms with Gasteiger partial charge in [0.05, 0.1) is 10.7 Å². The van der Waals surface area contributed by atoms with E-state index in [1.807, 2.05) is 5.38 Å². The van der Waals surface area contributed by atoms with Crippen LogP contribution in [-0.2, 0) is 11.2 Å². The smallest absolute Gasteiger partial charge is 0.328 e. The number of rotatable bonds is 5. The van der Waals surface area contributed by atoms with Crippen LogP contribution in [0.25, 0.3) is 6.08 Å². The number of hydrogen-bond donors (Lipinski definition) is 1. The van der Waals surface area contributed by atoms with E-state index < -0.39 is 5.97 Å². The summed E-state index contributed by atoms with van der Waals surface area (Å²) in [6.45, 7) is 5.76. The number of piperidine rings is 1. The lowest BCUT2D eigenvalue weighted by Crippen LogP contribution is -2.34. The SMILES string of the molecule is CC1CCN(CCc2nc(/C=C/C(=O)O)cs2)CC1. The molecule has 19 heavy (non-hydrogen) atoms. The standard InChI is InChI=1S/C14H20N2O2S/c1-11-4-7-16(8-5-11)9-6-13-15-12(10-19-13)2-3-14(17)18/h2-3,10-11H,4-9H2,1H3,(H,17,18)/b3-2+. The number of nitrogens with zero attached hydrogens (tertiary/aromatic N) is 2. The molecule has 0 unspecified atom stereocenters. The molecular weight excluding hydrogens is 260 g/mol. The number of carboxylic acids is 1. The fraction of sp³-hybridized carbons (Fsp3) is 0.571.